The fraction of sp³-hybridized carbons (Fsp3) is 0.545. The van der Waals surface area contributed by atoms with Gasteiger partial charge in [-0.3, -0.25) is 14.4 Å². The number of aromatic nitrogens is 2. The van der Waals surface area contributed by atoms with E-state index < -0.39 is 0 Å². The lowest BCUT2D eigenvalue weighted by atomic mass is 10.0. The lowest BCUT2D eigenvalue weighted by Crippen LogP contribution is -2.50. The quantitative estimate of drug-likeness (QED) is 0.864. The Hall–Kier alpha value is -2.18. The van der Waals surface area contributed by atoms with Crippen molar-refractivity contribution in [2.24, 2.45) is 0 Å². The summed E-state index contributed by atoms with van der Waals surface area (Å²) in [5, 5.41) is 7.83. The highest BCUT2D eigenvalue weighted by Crippen LogP contribution is 2.28. The summed E-state index contributed by atoms with van der Waals surface area (Å²) in [6, 6.07) is 8.22. The number of rotatable bonds is 5. The monoisotopic (exact) mass is 382 g/mol. The predicted molar refractivity (Wildman–Crippen MR) is 109 cm³/mol. The number of hydrogen-bond acceptors (Lipinski definition) is 4. The number of likely N-dealkylation sites (tertiary alicyclic amines) is 1. The Morgan fingerprint density at radius 1 is 1.25 bits per heavy atom. The van der Waals surface area contributed by atoms with E-state index in [1.807, 2.05) is 29.8 Å². The number of carbonyl (C=O) groups is 1. The summed E-state index contributed by atoms with van der Waals surface area (Å²) < 4.78 is 7.70. The van der Waals surface area contributed by atoms with Gasteiger partial charge in [-0.15, -0.1) is 0 Å². The molecule has 6 heteroatoms. The van der Waals surface area contributed by atoms with Crippen molar-refractivity contribution < 1.29 is 9.53 Å². The van der Waals surface area contributed by atoms with Crippen LogP contribution in [0.15, 0.2) is 24.3 Å². The maximum absolute atomic E-state index is 13.0. The van der Waals surface area contributed by atoms with E-state index in [4.69, 9.17) is 4.74 Å². The fourth-order valence-corrected chi connectivity index (χ4v) is 4.60. The van der Waals surface area contributed by atoms with Crippen LogP contribution in [0.25, 0.3) is 11.1 Å². The van der Waals surface area contributed by atoms with Gasteiger partial charge in [-0.2, -0.15) is 5.10 Å². The number of carbonyl (C=O) groups excluding carboxylic acids is 1. The molecule has 2 aliphatic rings. The molecule has 4 rings (SSSR count). The molecule has 0 unspecified atom stereocenters. The molecule has 2 aliphatic heterocycles. The van der Waals surface area contributed by atoms with E-state index in [1.54, 1.807) is 0 Å². The number of nitrogens with zero attached hydrogens (tertiary/aromatic N) is 3. The number of amides is 1. The van der Waals surface area contributed by atoms with Crippen molar-refractivity contribution in [3.05, 3.63) is 41.2 Å². The average Bonchev–Trinajstić information content (AvgIpc) is 3.42. The summed E-state index contributed by atoms with van der Waals surface area (Å²) in [6.45, 7) is 10.6. The summed E-state index contributed by atoms with van der Waals surface area (Å²) in [5.74, 6) is -0.0280. The Morgan fingerprint density at radius 2 is 2.04 bits per heavy atom. The van der Waals surface area contributed by atoms with Gasteiger partial charge < -0.3 is 10.1 Å². The molecule has 1 aromatic carbocycles. The first-order valence-electron chi connectivity index (χ1n) is 10.4. The van der Waals surface area contributed by atoms with Crippen molar-refractivity contribution in [2.45, 2.75) is 52.2 Å². The van der Waals surface area contributed by atoms with Crippen LogP contribution < -0.4 is 5.32 Å². The number of benzene rings is 1. The molecule has 3 heterocycles. The Labute approximate surface area is 166 Å². The van der Waals surface area contributed by atoms with Crippen LogP contribution in [0.3, 0.4) is 0 Å². The van der Waals surface area contributed by atoms with Crippen LogP contribution in [0.5, 0.6) is 0 Å². The van der Waals surface area contributed by atoms with Crippen LogP contribution in [0, 0.1) is 13.8 Å². The molecule has 2 fully saturated rings. The zero-order valence-electron chi connectivity index (χ0n) is 17.1. The van der Waals surface area contributed by atoms with Crippen LogP contribution in [-0.4, -0.2) is 59.0 Å². The molecule has 2 atom stereocenters. The van der Waals surface area contributed by atoms with E-state index >= 15 is 0 Å². The van der Waals surface area contributed by atoms with Crippen LogP contribution in [0.4, 0.5) is 0 Å². The van der Waals surface area contributed by atoms with Gasteiger partial charge in [0, 0.05) is 23.4 Å². The first-order chi connectivity index (χ1) is 13.6. The molecule has 28 heavy (non-hydrogen) atoms. The molecule has 1 N–H and O–H groups in total. The van der Waals surface area contributed by atoms with E-state index in [-0.39, 0.29) is 11.9 Å². The Balaban J connectivity index is 1.53. The molecule has 0 bridgehead atoms. The van der Waals surface area contributed by atoms with Crippen molar-refractivity contribution in [3.63, 3.8) is 0 Å². The predicted octanol–water partition coefficient (Wildman–Crippen LogP) is 2.78. The van der Waals surface area contributed by atoms with E-state index in [0.717, 1.165) is 42.1 Å². The zero-order valence-corrected chi connectivity index (χ0v) is 17.1. The van der Waals surface area contributed by atoms with Gasteiger partial charge in [-0.05, 0) is 64.4 Å². The first kappa shape index (κ1) is 19.2. The lowest BCUT2D eigenvalue weighted by Gasteiger charge is -2.28. The third-order valence-electron chi connectivity index (χ3n) is 6.07. The van der Waals surface area contributed by atoms with Crippen LogP contribution in [0.2, 0.25) is 0 Å². The summed E-state index contributed by atoms with van der Waals surface area (Å²) in [5.41, 5.74) is 4.98. The summed E-state index contributed by atoms with van der Waals surface area (Å²) in [4.78, 5) is 15.4. The molecule has 1 amide bonds. The van der Waals surface area contributed by atoms with Gasteiger partial charge in [0.2, 0.25) is 0 Å². The summed E-state index contributed by atoms with van der Waals surface area (Å²) >= 11 is 0. The molecule has 0 radical (unpaired) electrons. The minimum atomic E-state index is -0.0280. The van der Waals surface area contributed by atoms with E-state index in [2.05, 4.69) is 35.2 Å². The zero-order chi connectivity index (χ0) is 19.7. The van der Waals surface area contributed by atoms with Gasteiger partial charge in [0.25, 0.3) is 5.91 Å². The number of ether oxygens (including phenoxy) is 1. The summed E-state index contributed by atoms with van der Waals surface area (Å²) in [6.07, 6.45) is 2.48. The largest absolute Gasteiger partial charge is 0.378 e. The number of nitrogens with one attached hydrogen (secondary N) is 1. The van der Waals surface area contributed by atoms with Crippen molar-refractivity contribution >= 4 is 5.91 Å². The highest BCUT2D eigenvalue weighted by Gasteiger charge is 2.35. The SMILES string of the molecule is CCn1nc(C)c(-c2cccc(C(=O)N[C@H]3COC[C@@H]3N3CCCC3)c2)c1C. The Bertz CT molecular complexity index is 854. The standard InChI is InChI=1S/C22H30N4O2/c1-4-26-16(3)21(15(2)24-26)17-8-7-9-18(12-17)22(27)23-19-13-28-14-20(19)25-10-5-6-11-25/h7-9,12,19-20H,4-6,10-11,13-14H2,1-3H3,(H,23,27)/t19-,20-/m0/s1. The average molecular weight is 383 g/mol. The second kappa shape index (κ2) is 8.05. The van der Waals surface area contributed by atoms with E-state index in [0.29, 0.717) is 24.8 Å². The lowest BCUT2D eigenvalue weighted by molar-refractivity contribution is 0.0916. The molecular formula is C22H30N4O2. The third-order valence-corrected chi connectivity index (χ3v) is 6.07. The number of hydrogen-bond donors (Lipinski definition) is 1. The molecule has 2 saturated heterocycles. The normalized spacial score (nSPS) is 22.7. The molecule has 1 aromatic heterocycles. The molecule has 0 saturated carbocycles. The van der Waals surface area contributed by atoms with Gasteiger partial charge in [-0.25, -0.2) is 0 Å². The minimum Gasteiger partial charge on any atom is -0.378 e. The van der Waals surface area contributed by atoms with E-state index in [1.165, 1.54) is 12.8 Å². The van der Waals surface area contributed by atoms with Gasteiger partial charge in [-0.1, -0.05) is 12.1 Å². The van der Waals surface area contributed by atoms with Crippen LogP contribution in [0.1, 0.15) is 41.5 Å². The molecule has 0 spiro atoms. The van der Waals surface area contributed by atoms with Crippen molar-refractivity contribution in [1.29, 1.82) is 0 Å². The van der Waals surface area contributed by atoms with Crippen molar-refractivity contribution in [3.8, 4) is 11.1 Å². The van der Waals surface area contributed by atoms with Crippen LogP contribution in [-0.2, 0) is 11.3 Å². The molecule has 0 aliphatic carbocycles. The van der Waals surface area contributed by atoms with Crippen molar-refractivity contribution in [1.82, 2.24) is 20.0 Å². The maximum Gasteiger partial charge on any atom is 0.251 e. The second-order valence-corrected chi connectivity index (χ2v) is 7.87. The number of aryl methyl sites for hydroxylation is 2. The van der Waals surface area contributed by atoms with Crippen LogP contribution >= 0.6 is 0 Å². The summed E-state index contributed by atoms with van der Waals surface area (Å²) in [7, 11) is 0. The highest BCUT2D eigenvalue weighted by atomic mass is 16.5. The molecule has 150 valence electrons. The maximum atomic E-state index is 13.0. The van der Waals surface area contributed by atoms with Gasteiger partial charge in [0.15, 0.2) is 0 Å². The molecule has 6 nitrogen and oxygen atoms in total. The smallest absolute Gasteiger partial charge is 0.251 e. The van der Waals surface area contributed by atoms with Gasteiger partial charge in [0.1, 0.15) is 0 Å². The minimum absolute atomic E-state index is 0.0280. The fourth-order valence-electron chi connectivity index (χ4n) is 4.60. The Kier molecular flexibility index (Phi) is 5.51. The van der Waals surface area contributed by atoms with Crippen molar-refractivity contribution in [2.75, 3.05) is 26.3 Å². The van der Waals surface area contributed by atoms with Gasteiger partial charge in [0.05, 0.1) is 31.0 Å². The Morgan fingerprint density at radius 3 is 2.75 bits per heavy atom. The molecular weight excluding hydrogens is 352 g/mol. The first-order valence-corrected chi connectivity index (χ1v) is 10.4. The highest BCUT2D eigenvalue weighted by molar-refractivity contribution is 5.95. The second-order valence-electron chi connectivity index (χ2n) is 7.87. The molecule has 2 aromatic rings. The third kappa shape index (κ3) is 3.59. The van der Waals surface area contributed by atoms with E-state index in [9.17, 15) is 4.79 Å². The van der Waals surface area contributed by atoms with Gasteiger partial charge >= 0.3 is 0 Å². The topological polar surface area (TPSA) is 59.4 Å².